The van der Waals surface area contributed by atoms with E-state index in [-0.39, 0.29) is 11.6 Å². The number of rotatable bonds is 4. The Hall–Kier alpha value is -1.24. The van der Waals surface area contributed by atoms with Gasteiger partial charge in [-0.15, -0.1) is 5.10 Å². The van der Waals surface area contributed by atoms with E-state index >= 15 is 0 Å². The lowest BCUT2D eigenvalue weighted by Crippen LogP contribution is -2.48. The molecule has 1 saturated heterocycles. The molecule has 0 amide bonds. The third kappa shape index (κ3) is 2.51. The van der Waals surface area contributed by atoms with Crippen LogP contribution < -0.4 is 16.0 Å². The van der Waals surface area contributed by atoms with Gasteiger partial charge in [0.25, 0.3) is 0 Å². The van der Waals surface area contributed by atoms with Crippen LogP contribution >= 0.6 is 0 Å². The van der Waals surface area contributed by atoms with Crippen LogP contribution in [0.2, 0.25) is 0 Å². The number of hydrazine groups is 1. The topological polar surface area (TPSA) is 82.3 Å². The first-order chi connectivity index (χ1) is 9.76. The predicted molar refractivity (Wildman–Crippen MR) is 73.9 cm³/mol. The molecule has 6 nitrogen and oxygen atoms in total. The number of nitrogens with one attached hydrogen (secondary N) is 1. The van der Waals surface area contributed by atoms with Gasteiger partial charge in [0.05, 0.1) is 24.4 Å². The zero-order valence-corrected chi connectivity index (χ0v) is 11.8. The van der Waals surface area contributed by atoms with Crippen molar-refractivity contribution in [2.45, 2.75) is 43.7 Å². The van der Waals surface area contributed by atoms with Crippen molar-refractivity contribution in [3.05, 3.63) is 17.8 Å². The second-order valence-corrected chi connectivity index (χ2v) is 5.78. The van der Waals surface area contributed by atoms with Crippen molar-refractivity contribution >= 4 is 0 Å². The van der Waals surface area contributed by atoms with E-state index < -0.39 is 0 Å². The number of hydrogen-bond donors (Lipinski definition) is 2. The Bertz CT molecular complexity index is 447. The number of nitrogens with two attached hydrogens (primary N) is 1. The van der Waals surface area contributed by atoms with E-state index in [9.17, 15) is 0 Å². The normalized spacial score (nSPS) is 26.0. The molecular weight excluding hydrogens is 256 g/mol. The van der Waals surface area contributed by atoms with Crippen LogP contribution in [0.15, 0.2) is 12.1 Å². The standard InChI is InChI=1S/C14H22N4O2/c1-19-12-4-3-11(17-18-12)13(16-15)10-5-8-20-14(9-10)6-2-7-14/h3-4,10,13,16H,2,5-9,15H2,1H3. The molecule has 2 atom stereocenters. The molecule has 110 valence electrons. The Morgan fingerprint density at radius 3 is 2.85 bits per heavy atom. The van der Waals surface area contributed by atoms with Crippen LogP contribution in [0.4, 0.5) is 0 Å². The average Bonchev–Trinajstić information content (AvgIpc) is 2.47. The van der Waals surface area contributed by atoms with Gasteiger partial charge in [-0.2, -0.15) is 5.10 Å². The minimum atomic E-state index is 0.0229. The van der Waals surface area contributed by atoms with Crippen molar-refractivity contribution < 1.29 is 9.47 Å². The quantitative estimate of drug-likeness (QED) is 0.639. The van der Waals surface area contributed by atoms with Crippen LogP contribution in [0.5, 0.6) is 5.88 Å². The van der Waals surface area contributed by atoms with Gasteiger partial charge in [0.1, 0.15) is 0 Å². The second kappa shape index (κ2) is 5.63. The highest BCUT2D eigenvalue weighted by Gasteiger charge is 2.44. The van der Waals surface area contributed by atoms with Crippen LogP contribution in [0.1, 0.15) is 43.8 Å². The van der Waals surface area contributed by atoms with Gasteiger partial charge in [-0.25, -0.2) is 0 Å². The minimum absolute atomic E-state index is 0.0229. The molecule has 0 radical (unpaired) electrons. The summed E-state index contributed by atoms with van der Waals surface area (Å²) in [6, 6.07) is 3.78. The van der Waals surface area contributed by atoms with E-state index in [0.29, 0.717) is 11.8 Å². The minimum Gasteiger partial charge on any atom is -0.480 e. The maximum absolute atomic E-state index is 5.97. The SMILES string of the molecule is COc1ccc(C(NN)C2CCOC3(CCC3)C2)nn1. The molecule has 1 aromatic heterocycles. The highest BCUT2D eigenvalue weighted by Crippen LogP contribution is 2.46. The Morgan fingerprint density at radius 2 is 2.30 bits per heavy atom. The van der Waals surface area contributed by atoms with Crippen molar-refractivity contribution in [1.29, 1.82) is 0 Å². The summed E-state index contributed by atoms with van der Waals surface area (Å²) in [6.07, 6.45) is 5.68. The first kappa shape index (κ1) is 13.7. The monoisotopic (exact) mass is 278 g/mol. The molecule has 0 bridgehead atoms. The summed E-state index contributed by atoms with van der Waals surface area (Å²) in [5, 5.41) is 8.26. The molecule has 1 aliphatic heterocycles. The summed E-state index contributed by atoms with van der Waals surface area (Å²) in [7, 11) is 1.58. The van der Waals surface area contributed by atoms with Crippen LogP contribution in [0.25, 0.3) is 0 Å². The van der Waals surface area contributed by atoms with Gasteiger partial charge in [-0.1, -0.05) is 0 Å². The van der Waals surface area contributed by atoms with Crippen LogP contribution in [0, 0.1) is 5.92 Å². The van der Waals surface area contributed by atoms with E-state index in [0.717, 1.165) is 25.1 Å². The van der Waals surface area contributed by atoms with Gasteiger partial charge >= 0.3 is 0 Å². The maximum atomic E-state index is 5.97. The van der Waals surface area contributed by atoms with Gasteiger partial charge in [0, 0.05) is 12.7 Å². The summed E-state index contributed by atoms with van der Waals surface area (Å²) >= 11 is 0. The number of ether oxygens (including phenoxy) is 2. The van der Waals surface area contributed by atoms with Crippen molar-refractivity contribution in [2.24, 2.45) is 11.8 Å². The molecule has 3 N–H and O–H groups in total. The van der Waals surface area contributed by atoms with Gasteiger partial charge in [-0.3, -0.25) is 11.3 Å². The molecule has 2 unspecified atom stereocenters. The highest BCUT2D eigenvalue weighted by atomic mass is 16.5. The van der Waals surface area contributed by atoms with Gasteiger partial charge in [0.15, 0.2) is 0 Å². The summed E-state index contributed by atoms with van der Waals surface area (Å²) in [4.78, 5) is 0. The first-order valence-corrected chi connectivity index (χ1v) is 7.24. The average molecular weight is 278 g/mol. The summed E-state index contributed by atoms with van der Waals surface area (Å²) in [6.45, 7) is 0.812. The number of nitrogens with zero attached hydrogens (tertiary/aromatic N) is 2. The van der Waals surface area contributed by atoms with E-state index in [2.05, 4.69) is 15.6 Å². The molecule has 3 rings (SSSR count). The molecule has 2 heterocycles. The predicted octanol–water partition coefficient (Wildman–Crippen LogP) is 1.34. The second-order valence-electron chi connectivity index (χ2n) is 5.78. The van der Waals surface area contributed by atoms with Crippen LogP contribution in [-0.4, -0.2) is 29.5 Å². The van der Waals surface area contributed by atoms with Crippen molar-refractivity contribution in [3.63, 3.8) is 0 Å². The molecule has 0 aromatic carbocycles. The molecule has 20 heavy (non-hydrogen) atoms. The molecular formula is C14H22N4O2. The summed E-state index contributed by atoms with van der Waals surface area (Å²) in [5.41, 5.74) is 3.89. The molecule has 2 aliphatic rings. The van der Waals surface area contributed by atoms with Crippen LogP contribution in [0.3, 0.4) is 0 Å². The fraction of sp³-hybridized carbons (Fsp3) is 0.714. The van der Waals surface area contributed by atoms with E-state index in [1.165, 1.54) is 19.3 Å². The van der Waals surface area contributed by atoms with Crippen LogP contribution in [-0.2, 0) is 4.74 Å². The summed E-state index contributed by atoms with van der Waals surface area (Å²) in [5.74, 6) is 6.73. The third-order valence-corrected chi connectivity index (χ3v) is 4.64. The Balaban J connectivity index is 1.74. The van der Waals surface area contributed by atoms with Gasteiger partial charge < -0.3 is 9.47 Å². The molecule has 1 aromatic rings. The Morgan fingerprint density at radius 1 is 1.45 bits per heavy atom. The van der Waals surface area contributed by atoms with Gasteiger partial charge in [-0.05, 0) is 44.1 Å². The fourth-order valence-electron chi connectivity index (χ4n) is 3.34. The Labute approximate surface area is 119 Å². The number of methoxy groups -OCH3 is 1. The third-order valence-electron chi connectivity index (χ3n) is 4.64. The first-order valence-electron chi connectivity index (χ1n) is 7.24. The molecule has 1 saturated carbocycles. The summed E-state index contributed by atoms with van der Waals surface area (Å²) < 4.78 is 11.0. The van der Waals surface area contributed by atoms with E-state index in [4.69, 9.17) is 15.3 Å². The molecule has 1 aliphatic carbocycles. The highest BCUT2D eigenvalue weighted by molar-refractivity contribution is 5.15. The number of aromatic nitrogens is 2. The zero-order valence-electron chi connectivity index (χ0n) is 11.8. The molecule has 2 fully saturated rings. The lowest BCUT2D eigenvalue weighted by Gasteiger charge is -2.48. The fourth-order valence-corrected chi connectivity index (χ4v) is 3.34. The molecule has 6 heteroatoms. The molecule has 1 spiro atoms. The number of hydrogen-bond acceptors (Lipinski definition) is 6. The lowest BCUT2D eigenvalue weighted by atomic mass is 9.70. The largest absolute Gasteiger partial charge is 0.480 e. The smallest absolute Gasteiger partial charge is 0.233 e. The van der Waals surface area contributed by atoms with Crippen molar-refractivity contribution in [3.8, 4) is 5.88 Å². The van der Waals surface area contributed by atoms with Gasteiger partial charge in [0.2, 0.25) is 5.88 Å². The van der Waals surface area contributed by atoms with E-state index in [1.54, 1.807) is 7.11 Å². The Kier molecular flexibility index (Phi) is 3.87. The van der Waals surface area contributed by atoms with Crippen molar-refractivity contribution in [1.82, 2.24) is 15.6 Å². The van der Waals surface area contributed by atoms with Crippen molar-refractivity contribution in [2.75, 3.05) is 13.7 Å². The lowest BCUT2D eigenvalue weighted by molar-refractivity contribution is -0.147. The van der Waals surface area contributed by atoms with E-state index in [1.807, 2.05) is 12.1 Å². The maximum Gasteiger partial charge on any atom is 0.233 e. The zero-order chi connectivity index (χ0) is 14.0.